The minimum absolute atomic E-state index is 0.732. The van der Waals surface area contributed by atoms with Crippen molar-refractivity contribution >= 4 is 0 Å². The average molecular weight is 281 g/mol. The summed E-state index contributed by atoms with van der Waals surface area (Å²) in [5, 5.41) is -0.732. The molecule has 0 spiro atoms. The second-order valence-corrected chi connectivity index (χ2v) is 2.95. The lowest BCUT2D eigenvalue weighted by Gasteiger charge is -2.32. The number of nitrogens with one attached hydrogen (secondary N) is 1. The molecule has 0 radical (unpaired) electrons. The molecule has 1 nitrogen and oxygen atoms in total. The van der Waals surface area contributed by atoms with Crippen LogP contribution in [0.5, 0.6) is 0 Å². The lowest BCUT2D eigenvalue weighted by atomic mass is 10.2. The zero-order valence-corrected chi connectivity index (χ0v) is 7.69. The Bertz CT molecular complexity index is 236. The maximum absolute atomic E-state index is 12.3. The topological polar surface area (TPSA) is 12.0 Å². The third kappa shape index (κ3) is 3.13. The lowest BCUT2D eigenvalue weighted by molar-refractivity contribution is -0.310. The molecule has 0 rings (SSSR count). The zero-order chi connectivity index (χ0) is 14.1. The fourth-order valence-corrected chi connectivity index (χ4v) is 0.548. The molecule has 0 aromatic rings. The van der Waals surface area contributed by atoms with E-state index in [1.54, 1.807) is 0 Å². The van der Waals surface area contributed by atoms with Gasteiger partial charge in [-0.3, -0.25) is 0 Å². The van der Waals surface area contributed by atoms with E-state index in [1.807, 2.05) is 0 Å². The van der Waals surface area contributed by atoms with Crippen LogP contribution in [0.25, 0.3) is 0 Å². The second kappa shape index (κ2) is 4.50. The minimum atomic E-state index is -5.97. The summed E-state index contributed by atoms with van der Waals surface area (Å²) in [7, 11) is 0. The van der Waals surface area contributed by atoms with Crippen LogP contribution in [0.15, 0.2) is 0 Å². The van der Waals surface area contributed by atoms with E-state index in [0.717, 1.165) is 0 Å². The summed E-state index contributed by atoms with van der Waals surface area (Å²) in [4.78, 5) is 0. The van der Waals surface area contributed by atoms with E-state index in [9.17, 15) is 43.9 Å². The predicted molar refractivity (Wildman–Crippen MR) is 34.9 cm³/mol. The molecule has 0 bridgehead atoms. The van der Waals surface area contributed by atoms with E-state index in [-0.39, 0.29) is 0 Å². The molecule has 0 aromatic carbocycles. The van der Waals surface area contributed by atoms with Crippen molar-refractivity contribution in [3.63, 3.8) is 0 Å². The first-order valence-corrected chi connectivity index (χ1v) is 3.75. The van der Waals surface area contributed by atoms with Crippen molar-refractivity contribution in [2.24, 2.45) is 0 Å². The van der Waals surface area contributed by atoms with Gasteiger partial charge in [-0.05, 0) is 0 Å². The quantitative estimate of drug-likeness (QED) is 0.583. The van der Waals surface area contributed by atoms with Gasteiger partial charge in [-0.2, -0.15) is 40.4 Å². The number of hydrogen-bond donors (Lipinski definition) is 1. The SMILES string of the molecule is FCC(F)(F)C(F)(F)NC(F)(F)C(F)(F)CF. The third-order valence-electron chi connectivity index (χ3n) is 1.57. The summed E-state index contributed by atoms with van der Waals surface area (Å²) in [6.45, 7) is -6.13. The van der Waals surface area contributed by atoms with Gasteiger partial charge in [0.25, 0.3) is 0 Å². The Balaban J connectivity index is 5.07. The molecule has 0 aromatic heterocycles. The van der Waals surface area contributed by atoms with Crippen LogP contribution in [0.3, 0.4) is 0 Å². The molecule has 0 aliphatic carbocycles. The fourth-order valence-electron chi connectivity index (χ4n) is 0.548. The Morgan fingerprint density at radius 3 is 1.00 bits per heavy atom. The highest BCUT2D eigenvalue weighted by atomic mass is 19.3. The summed E-state index contributed by atoms with van der Waals surface area (Å²) in [6, 6.07) is -11.9. The number of hydrogen-bond acceptors (Lipinski definition) is 1. The van der Waals surface area contributed by atoms with Gasteiger partial charge in [0.05, 0.1) is 0 Å². The molecular weight excluding hydrogens is 276 g/mol. The molecule has 0 saturated heterocycles. The van der Waals surface area contributed by atoms with Crippen molar-refractivity contribution in [3.05, 3.63) is 0 Å². The highest BCUT2D eigenvalue weighted by Gasteiger charge is 2.67. The first kappa shape index (κ1) is 16.3. The molecule has 0 atom stereocenters. The van der Waals surface area contributed by atoms with Gasteiger partial charge < -0.3 is 0 Å². The maximum Gasteiger partial charge on any atom is 0.372 e. The van der Waals surface area contributed by atoms with Gasteiger partial charge in [0.2, 0.25) is 0 Å². The Kier molecular flexibility index (Phi) is 4.30. The van der Waals surface area contributed by atoms with Crippen molar-refractivity contribution in [1.29, 1.82) is 0 Å². The predicted octanol–water partition coefficient (Wildman–Crippen LogP) is 2.97. The highest BCUT2D eigenvalue weighted by Crippen LogP contribution is 2.39. The molecule has 0 amide bonds. The molecule has 0 aliphatic rings. The highest BCUT2D eigenvalue weighted by molar-refractivity contribution is 4.91. The van der Waals surface area contributed by atoms with Crippen molar-refractivity contribution in [1.82, 2.24) is 5.32 Å². The van der Waals surface area contributed by atoms with Gasteiger partial charge in [0.1, 0.15) is 0 Å². The summed E-state index contributed by atoms with van der Waals surface area (Å²) >= 11 is 0. The number of rotatable bonds is 6. The van der Waals surface area contributed by atoms with Crippen molar-refractivity contribution in [3.8, 4) is 0 Å². The molecule has 0 heterocycles. The van der Waals surface area contributed by atoms with E-state index in [1.165, 1.54) is 0 Å². The summed E-state index contributed by atoms with van der Waals surface area (Å²) < 4.78 is 121. The molecule has 1 N–H and O–H groups in total. The summed E-state index contributed by atoms with van der Waals surface area (Å²) in [5.41, 5.74) is 0. The van der Waals surface area contributed by atoms with E-state index in [2.05, 4.69) is 0 Å². The van der Waals surface area contributed by atoms with E-state index in [4.69, 9.17) is 0 Å². The van der Waals surface area contributed by atoms with Crippen LogP contribution in [-0.4, -0.2) is 37.3 Å². The average Bonchev–Trinajstić information content (AvgIpc) is 2.15. The molecule has 17 heavy (non-hydrogen) atoms. The van der Waals surface area contributed by atoms with E-state index in [0.29, 0.717) is 0 Å². The van der Waals surface area contributed by atoms with Crippen LogP contribution in [0.4, 0.5) is 43.9 Å². The van der Waals surface area contributed by atoms with Crippen LogP contribution in [0.2, 0.25) is 0 Å². The smallest absolute Gasteiger partial charge is 0.244 e. The Morgan fingerprint density at radius 1 is 0.588 bits per heavy atom. The van der Waals surface area contributed by atoms with Crippen LogP contribution in [-0.2, 0) is 0 Å². The van der Waals surface area contributed by atoms with Gasteiger partial charge >= 0.3 is 23.9 Å². The van der Waals surface area contributed by atoms with Crippen LogP contribution >= 0.6 is 0 Å². The summed E-state index contributed by atoms with van der Waals surface area (Å²) in [5.74, 6) is -11.3. The van der Waals surface area contributed by atoms with Gasteiger partial charge in [-0.15, -0.1) is 0 Å². The Morgan fingerprint density at radius 2 is 0.824 bits per heavy atom. The second-order valence-electron chi connectivity index (χ2n) is 2.95. The summed E-state index contributed by atoms with van der Waals surface area (Å²) in [6.07, 6.45) is 0. The van der Waals surface area contributed by atoms with Gasteiger partial charge in [0, 0.05) is 0 Å². The zero-order valence-electron chi connectivity index (χ0n) is 7.69. The van der Waals surface area contributed by atoms with Crippen molar-refractivity contribution in [2.45, 2.75) is 23.9 Å². The van der Waals surface area contributed by atoms with Gasteiger partial charge in [-0.1, -0.05) is 0 Å². The molecule has 0 saturated carbocycles. The maximum atomic E-state index is 12.3. The third-order valence-corrected chi connectivity index (χ3v) is 1.57. The molecule has 0 aliphatic heterocycles. The van der Waals surface area contributed by atoms with Gasteiger partial charge in [0.15, 0.2) is 13.3 Å². The fraction of sp³-hybridized carbons (Fsp3) is 1.00. The monoisotopic (exact) mass is 281 g/mol. The number of halogens is 10. The molecule has 0 unspecified atom stereocenters. The van der Waals surface area contributed by atoms with Crippen LogP contribution in [0, 0.1) is 0 Å². The molecule has 11 heteroatoms. The van der Waals surface area contributed by atoms with Crippen LogP contribution < -0.4 is 5.32 Å². The van der Waals surface area contributed by atoms with Crippen LogP contribution in [0.1, 0.15) is 0 Å². The first-order chi connectivity index (χ1) is 7.33. The first-order valence-electron chi connectivity index (χ1n) is 3.75. The Labute approximate surface area is 87.8 Å². The van der Waals surface area contributed by atoms with Crippen molar-refractivity contribution in [2.75, 3.05) is 13.3 Å². The largest absolute Gasteiger partial charge is 0.372 e. The van der Waals surface area contributed by atoms with E-state index < -0.39 is 42.6 Å². The Hall–Kier alpha value is -0.740. The molecular formula is C6H5F10N. The molecule has 104 valence electrons. The lowest BCUT2D eigenvalue weighted by Crippen LogP contribution is -2.65. The van der Waals surface area contributed by atoms with E-state index >= 15 is 0 Å². The van der Waals surface area contributed by atoms with Crippen molar-refractivity contribution < 1.29 is 43.9 Å². The number of alkyl halides is 10. The van der Waals surface area contributed by atoms with Gasteiger partial charge in [-0.25, -0.2) is 8.78 Å². The minimum Gasteiger partial charge on any atom is -0.244 e. The molecule has 0 fully saturated rings. The standard InChI is InChI=1S/C6H5F10N/c7-1-3(9,10)5(13,14)17-6(15,16)4(11,12)2-8/h17H,1-2H2. The normalized spacial score (nSPS) is 15.2.